The summed E-state index contributed by atoms with van der Waals surface area (Å²) in [5.74, 6) is -0.435. The van der Waals surface area contributed by atoms with Crippen molar-refractivity contribution in [3.63, 3.8) is 0 Å². The lowest BCUT2D eigenvalue weighted by atomic mass is 9.51. The highest BCUT2D eigenvalue weighted by molar-refractivity contribution is 7.90. The zero-order valence-electron chi connectivity index (χ0n) is 26.5. The molecule has 0 atom stereocenters. The fourth-order valence-corrected chi connectivity index (χ4v) is 9.57. The summed E-state index contributed by atoms with van der Waals surface area (Å²) in [4.78, 5) is 16.0. The summed E-state index contributed by atoms with van der Waals surface area (Å²) in [6.07, 6.45) is 1.89. The van der Waals surface area contributed by atoms with E-state index in [0.717, 1.165) is 78.4 Å². The minimum Gasteiger partial charge on any atom is -0.299 e. The van der Waals surface area contributed by atoms with Crippen molar-refractivity contribution in [1.82, 2.24) is 3.97 Å². The average Bonchev–Trinajstić information content (AvgIpc) is 3.46. The monoisotopic (exact) mass is 677 g/mol. The summed E-state index contributed by atoms with van der Waals surface area (Å²) in [6.45, 7) is 9.62. The molecule has 10 heteroatoms. The number of nitriles is 1. The molecule has 0 N–H and O–H groups in total. The van der Waals surface area contributed by atoms with E-state index in [-0.39, 0.29) is 66.0 Å². The van der Waals surface area contributed by atoms with Gasteiger partial charge in [0.05, 0.1) is 28.7 Å². The van der Waals surface area contributed by atoms with Crippen LogP contribution in [0.2, 0.25) is 0 Å². The molecule has 49 heavy (non-hydrogen) atoms. The van der Waals surface area contributed by atoms with Gasteiger partial charge in [0.15, 0.2) is 5.69 Å². The highest BCUT2D eigenvalue weighted by Crippen LogP contribution is 2.58. The van der Waals surface area contributed by atoms with E-state index in [1.165, 1.54) is 24.3 Å². The molecule has 0 unspecified atom stereocenters. The minimum atomic E-state index is -4.54. The summed E-state index contributed by atoms with van der Waals surface area (Å²) in [7, 11) is -4.54. The molecule has 8 rings (SSSR count). The molecule has 0 spiro atoms. The first-order valence-corrected chi connectivity index (χ1v) is 17.4. The Bertz CT molecular complexity index is 2310. The summed E-state index contributed by atoms with van der Waals surface area (Å²) in [5, 5.41) is 10.4. The topological polar surface area (TPSA) is 84.3 Å². The van der Waals surface area contributed by atoms with Crippen LogP contribution in [0, 0.1) is 29.1 Å². The molecule has 1 heterocycles. The number of carbonyl (C=O) groups excluding carboxylic acids is 1. The minimum absolute atomic E-state index is 0.0807. The van der Waals surface area contributed by atoms with Crippen molar-refractivity contribution < 1.29 is 26.4 Å². The van der Waals surface area contributed by atoms with E-state index >= 15 is 4.39 Å². The van der Waals surface area contributed by atoms with Gasteiger partial charge in [0.25, 0.3) is 16.4 Å². The van der Waals surface area contributed by atoms with Gasteiger partial charge in [0, 0.05) is 38.6 Å². The molecule has 0 radical (unpaired) electrons. The van der Waals surface area contributed by atoms with E-state index in [1.807, 2.05) is 18.2 Å². The second-order valence-electron chi connectivity index (χ2n) is 13.1. The zero-order valence-corrected chi connectivity index (χ0v) is 27.3. The van der Waals surface area contributed by atoms with E-state index in [4.69, 9.17) is 6.57 Å². The largest absolute Gasteiger partial charge is 0.299 e. The number of alkyl halides is 2. The van der Waals surface area contributed by atoms with Crippen LogP contribution in [-0.4, -0.2) is 18.2 Å². The molecule has 0 aliphatic heterocycles. The molecule has 6 nitrogen and oxygen atoms in total. The zero-order chi connectivity index (χ0) is 34.7. The standard InChI is InChI=1S/C39H30F3N3O3S/c1-24(46)38-15-18-39(19-16-38,20-17-38)28-7-3-5-26(21-28)36-35(34-27(23-43)6-4-8-32(34)44-2)31-22-29(40)11-14-33(31)45(36)49(47,48)30-12-9-25(10-13-30)37(41)42/h3-14,21-22,37H,15-20H2,1H3. The van der Waals surface area contributed by atoms with Crippen molar-refractivity contribution in [1.29, 1.82) is 5.26 Å². The molecular formula is C39H30F3N3O3S. The quantitative estimate of drug-likeness (QED) is 0.161. The van der Waals surface area contributed by atoms with Crippen LogP contribution in [0.4, 0.5) is 18.9 Å². The third-order valence-electron chi connectivity index (χ3n) is 10.8. The second kappa shape index (κ2) is 11.7. The Morgan fingerprint density at radius 1 is 0.918 bits per heavy atom. The molecule has 3 saturated carbocycles. The maximum absolute atomic E-state index is 15.1. The normalized spacial score (nSPS) is 20.3. The van der Waals surface area contributed by atoms with Crippen molar-refractivity contribution in [2.24, 2.45) is 5.41 Å². The van der Waals surface area contributed by atoms with Gasteiger partial charge in [-0.3, -0.25) is 4.79 Å². The number of nitrogens with zero attached hydrogens (tertiary/aromatic N) is 3. The van der Waals surface area contributed by atoms with Crippen LogP contribution in [0.15, 0.2) is 89.8 Å². The first kappa shape index (κ1) is 32.4. The number of hydrogen-bond donors (Lipinski definition) is 0. The van der Waals surface area contributed by atoms with E-state index in [1.54, 1.807) is 19.1 Å². The number of aromatic nitrogens is 1. The van der Waals surface area contributed by atoms with Crippen LogP contribution >= 0.6 is 0 Å². The van der Waals surface area contributed by atoms with Gasteiger partial charge in [-0.15, -0.1) is 0 Å². The third-order valence-corrected chi connectivity index (χ3v) is 12.6. The van der Waals surface area contributed by atoms with Crippen molar-refractivity contribution >= 4 is 32.4 Å². The van der Waals surface area contributed by atoms with Crippen molar-refractivity contribution in [2.45, 2.75) is 62.2 Å². The van der Waals surface area contributed by atoms with Crippen LogP contribution in [0.25, 0.3) is 38.1 Å². The Kier molecular flexibility index (Phi) is 7.76. The van der Waals surface area contributed by atoms with Gasteiger partial charge in [-0.1, -0.05) is 42.5 Å². The Hall–Kier alpha value is -5.19. The van der Waals surface area contributed by atoms with Crippen LogP contribution in [0.1, 0.15) is 68.6 Å². The lowest BCUT2D eigenvalue weighted by Gasteiger charge is -2.52. The molecule has 3 aliphatic rings. The van der Waals surface area contributed by atoms with Crippen LogP contribution in [0.3, 0.4) is 0 Å². The maximum atomic E-state index is 15.1. The van der Waals surface area contributed by atoms with Gasteiger partial charge in [-0.25, -0.2) is 30.4 Å². The van der Waals surface area contributed by atoms with Gasteiger partial charge < -0.3 is 0 Å². The van der Waals surface area contributed by atoms with E-state index in [2.05, 4.69) is 10.9 Å². The maximum Gasteiger partial charge on any atom is 0.268 e. The molecule has 0 saturated heterocycles. The Labute approximate surface area is 282 Å². The molecule has 0 amide bonds. The summed E-state index contributed by atoms with van der Waals surface area (Å²) >= 11 is 0. The van der Waals surface area contributed by atoms with Crippen molar-refractivity contribution in [3.8, 4) is 28.5 Å². The Morgan fingerprint density at radius 2 is 1.59 bits per heavy atom. The Morgan fingerprint density at radius 3 is 2.20 bits per heavy atom. The van der Waals surface area contributed by atoms with Crippen LogP contribution in [0.5, 0.6) is 0 Å². The number of rotatable bonds is 7. The van der Waals surface area contributed by atoms with Gasteiger partial charge in [-0.2, -0.15) is 5.26 Å². The highest BCUT2D eigenvalue weighted by Gasteiger charge is 2.51. The third kappa shape index (κ3) is 5.05. The number of carbonyl (C=O) groups is 1. The summed E-state index contributed by atoms with van der Waals surface area (Å²) < 4.78 is 72.5. The fourth-order valence-electron chi connectivity index (χ4n) is 8.02. The fraction of sp³-hybridized carbons (Fsp3) is 0.256. The molecule has 2 bridgehead atoms. The number of ketones is 1. The first-order valence-electron chi connectivity index (χ1n) is 16.0. The average molecular weight is 678 g/mol. The van der Waals surface area contributed by atoms with Crippen LogP contribution < -0.4 is 0 Å². The SMILES string of the molecule is [C-]#[N+]c1cccc(C#N)c1-c1c(-c2cccc(C34CCC(C(C)=O)(CC3)CC4)c2)n(S(=O)(=O)c2ccc(C(F)F)cc2)c2ccc(F)cc12. The van der Waals surface area contributed by atoms with Gasteiger partial charge in [0.1, 0.15) is 11.6 Å². The van der Waals surface area contributed by atoms with Gasteiger partial charge in [-0.05, 0) is 98.9 Å². The highest BCUT2D eigenvalue weighted by atomic mass is 32.2. The van der Waals surface area contributed by atoms with E-state index in [9.17, 15) is 27.3 Å². The number of fused-ring (bicyclic) bond motifs is 4. The molecule has 5 aromatic rings. The second-order valence-corrected chi connectivity index (χ2v) is 14.9. The molecule has 1 aromatic heterocycles. The number of halogens is 3. The first-order chi connectivity index (χ1) is 23.4. The van der Waals surface area contributed by atoms with Crippen molar-refractivity contribution in [2.75, 3.05) is 0 Å². The number of Topliss-reactive ketones (excluding diaryl/α,β-unsaturated/α-hetero) is 1. The number of benzene rings is 4. The smallest absolute Gasteiger partial charge is 0.268 e. The molecule has 3 aliphatic carbocycles. The van der Waals surface area contributed by atoms with Crippen LogP contribution in [-0.2, 0) is 20.2 Å². The molecule has 4 aromatic carbocycles. The summed E-state index contributed by atoms with van der Waals surface area (Å²) in [5.41, 5.74) is 1.33. The number of hydrogen-bond acceptors (Lipinski definition) is 4. The molecular weight excluding hydrogens is 648 g/mol. The lowest BCUT2D eigenvalue weighted by molar-refractivity contribution is -0.133. The van der Waals surface area contributed by atoms with E-state index < -0.39 is 22.3 Å². The van der Waals surface area contributed by atoms with Crippen molar-refractivity contribution in [3.05, 3.63) is 119 Å². The lowest BCUT2D eigenvalue weighted by Crippen LogP contribution is -2.47. The molecule has 3 fully saturated rings. The van der Waals surface area contributed by atoms with Gasteiger partial charge in [0.2, 0.25) is 0 Å². The molecule has 246 valence electrons. The van der Waals surface area contributed by atoms with Gasteiger partial charge >= 0.3 is 0 Å². The predicted molar refractivity (Wildman–Crippen MR) is 180 cm³/mol. The predicted octanol–water partition coefficient (Wildman–Crippen LogP) is 9.89. The Balaban J connectivity index is 1.55. The summed E-state index contributed by atoms with van der Waals surface area (Å²) in [6, 6.07) is 22.2. The van der Waals surface area contributed by atoms with E-state index in [0.29, 0.717) is 5.56 Å².